The zero-order chi connectivity index (χ0) is 25.4. The molecule has 3 aromatic carbocycles. The summed E-state index contributed by atoms with van der Waals surface area (Å²) in [5, 5.41) is 8.48. The number of carbonyl (C=O) groups is 1. The molecular formula is C30H38F2N2O. The Labute approximate surface area is 208 Å². The number of hydrogen-bond donors (Lipinski definition) is 2. The summed E-state index contributed by atoms with van der Waals surface area (Å²) in [6.45, 7) is 8.93. The quantitative estimate of drug-likeness (QED) is 0.264. The highest BCUT2D eigenvalue weighted by Gasteiger charge is 2.19. The van der Waals surface area contributed by atoms with Gasteiger partial charge in [-0.15, -0.1) is 0 Å². The van der Waals surface area contributed by atoms with Gasteiger partial charge < -0.3 is 10.6 Å². The smallest absolute Gasteiger partial charge is 0.319 e. The highest BCUT2D eigenvalue weighted by Crippen LogP contribution is 2.33. The average Bonchev–Trinajstić information content (AvgIpc) is 2.83. The van der Waals surface area contributed by atoms with E-state index < -0.39 is 6.43 Å². The third kappa shape index (κ3) is 7.27. The van der Waals surface area contributed by atoms with Gasteiger partial charge >= 0.3 is 6.03 Å². The molecule has 0 saturated carbocycles. The molecule has 0 bridgehead atoms. The number of fused-ring (bicyclic) bond motifs is 1. The third-order valence-corrected chi connectivity index (χ3v) is 6.61. The van der Waals surface area contributed by atoms with Crippen LogP contribution in [0, 0.1) is 0 Å². The first-order valence-electron chi connectivity index (χ1n) is 12.7. The molecule has 3 rings (SSSR count). The van der Waals surface area contributed by atoms with Crippen molar-refractivity contribution in [3.05, 3.63) is 77.4 Å². The zero-order valence-corrected chi connectivity index (χ0v) is 21.3. The van der Waals surface area contributed by atoms with Crippen LogP contribution >= 0.6 is 0 Å². The molecule has 3 aromatic rings. The molecule has 1 unspecified atom stereocenters. The van der Waals surface area contributed by atoms with Crippen molar-refractivity contribution in [1.29, 1.82) is 0 Å². The van der Waals surface area contributed by atoms with E-state index in [1.165, 1.54) is 0 Å². The van der Waals surface area contributed by atoms with Crippen LogP contribution in [0.15, 0.2) is 60.7 Å². The molecule has 0 saturated heterocycles. The van der Waals surface area contributed by atoms with Gasteiger partial charge in [-0.05, 0) is 52.1 Å². The Balaban J connectivity index is 1.78. The van der Waals surface area contributed by atoms with Gasteiger partial charge in [-0.1, -0.05) is 94.8 Å². The van der Waals surface area contributed by atoms with Crippen molar-refractivity contribution in [2.45, 2.75) is 77.6 Å². The second-order valence-corrected chi connectivity index (χ2v) is 9.90. The van der Waals surface area contributed by atoms with Crippen LogP contribution in [0.4, 0.5) is 19.3 Å². The molecule has 3 nitrogen and oxygen atoms in total. The Morgan fingerprint density at radius 1 is 0.771 bits per heavy atom. The van der Waals surface area contributed by atoms with Crippen LogP contribution in [0.25, 0.3) is 10.8 Å². The summed E-state index contributed by atoms with van der Waals surface area (Å²) >= 11 is 0. The summed E-state index contributed by atoms with van der Waals surface area (Å²) in [7, 11) is 0. The maximum Gasteiger partial charge on any atom is 0.319 e. The zero-order valence-electron chi connectivity index (χ0n) is 21.3. The van der Waals surface area contributed by atoms with Gasteiger partial charge in [0.15, 0.2) is 0 Å². The maximum atomic E-state index is 13.1. The van der Waals surface area contributed by atoms with Crippen molar-refractivity contribution in [1.82, 2.24) is 5.32 Å². The third-order valence-electron chi connectivity index (χ3n) is 6.61. The first-order chi connectivity index (χ1) is 16.8. The minimum atomic E-state index is -2.27. The number of alkyl halides is 2. The summed E-state index contributed by atoms with van der Waals surface area (Å²) in [5.74, 6) is 0.596. The fraction of sp³-hybridized carbons (Fsp3) is 0.433. The lowest BCUT2D eigenvalue weighted by Crippen LogP contribution is -2.33. The fourth-order valence-electron chi connectivity index (χ4n) is 4.73. The number of urea groups is 1. The molecule has 0 heterocycles. The molecular weight excluding hydrogens is 442 g/mol. The number of benzene rings is 3. The van der Waals surface area contributed by atoms with Crippen LogP contribution in [-0.2, 0) is 0 Å². The van der Waals surface area contributed by atoms with Crippen LogP contribution in [0.5, 0.6) is 0 Å². The van der Waals surface area contributed by atoms with Crippen molar-refractivity contribution in [3.8, 4) is 0 Å². The van der Waals surface area contributed by atoms with Gasteiger partial charge in [0.05, 0.1) is 0 Å². The van der Waals surface area contributed by atoms with Gasteiger partial charge in [0.2, 0.25) is 6.43 Å². The van der Waals surface area contributed by atoms with Crippen molar-refractivity contribution in [3.63, 3.8) is 0 Å². The van der Waals surface area contributed by atoms with Crippen molar-refractivity contribution in [2.75, 3.05) is 11.9 Å². The van der Waals surface area contributed by atoms with E-state index in [1.54, 1.807) is 0 Å². The van der Waals surface area contributed by atoms with Crippen LogP contribution in [0.2, 0.25) is 0 Å². The highest BCUT2D eigenvalue weighted by atomic mass is 19.3. The number of rotatable bonds is 11. The van der Waals surface area contributed by atoms with Gasteiger partial charge in [-0.25, -0.2) is 13.6 Å². The molecule has 0 aromatic heterocycles. The van der Waals surface area contributed by atoms with Gasteiger partial charge in [0.1, 0.15) is 0 Å². The average molecular weight is 481 g/mol. The van der Waals surface area contributed by atoms with Gasteiger partial charge in [-0.2, -0.15) is 0 Å². The maximum absolute atomic E-state index is 13.1. The van der Waals surface area contributed by atoms with Gasteiger partial charge in [-0.3, -0.25) is 0 Å². The minimum absolute atomic E-state index is 0.0365. The minimum Gasteiger partial charge on any atom is -0.337 e. The van der Waals surface area contributed by atoms with Crippen LogP contribution in [0.3, 0.4) is 0 Å². The second kappa shape index (κ2) is 12.7. The number of para-hydroxylation sites is 1. The lowest BCUT2D eigenvalue weighted by Gasteiger charge is -2.23. The van der Waals surface area contributed by atoms with Crippen molar-refractivity contribution >= 4 is 22.5 Å². The molecule has 35 heavy (non-hydrogen) atoms. The van der Waals surface area contributed by atoms with Crippen LogP contribution in [0.1, 0.15) is 87.8 Å². The number of amides is 2. The number of halogens is 2. The standard InChI is InChI=1S/C30H38F2N2O/c1-20(2)24-15-10-16-25(21(3)4)29(24)34-30(35)33-19-23(12-6-8-18-28(31)32)27-17-9-13-22-11-5-7-14-26(22)27/h5,7,9-11,13-17,20-21,23,28H,6,8,12,18-19H2,1-4H3,(H2,33,34,35). The molecule has 0 spiro atoms. The Bertz CT molecular complexity index is 1080. The van der Waals surface area contributed by atoms with Crippen LogP contribution < -0.4 is 10.6 Å². The Kier molecular flexibility index (Phi) is 9.64. The summed E-state index contributed by atoms with van der Waals surface area (Å²) in [4.78, 5) is 13.1. The number of hydrogen-bond acceptors (Lipinski definition) is 1. The van der Waals surface area contributed by atoms with Crippen LogP contribution in [-0.4, -0.2) is 19.0 Å². The number of nitrogens with one attached hydrogen (secondary N) is 2. The largest absolute Gasteiger partial charge is 0.337 e. The van der Waals surface area contributed by atoms with E-state index in [0.717, 1.165) is 39.6 Å². The fourth-order valence-corrected chi connectivity index (χ4v) is 4.73. The van der Waals surface area contributed by atoms with E-state index in [0.29, 0.717) is 19.4 Å². The number of unbranched alkanes of at least 4 members (excludes halogenated alkanes) is 1. The van der Waals surface area contributed by atoms with Crippen molar-refractivity contribution < 1.29 is 13.6 Å². The predicted molar refractivity (Wildman–Crippen MR) is 143 cm³/mol. The number of anilines is 1. The molecule has 1 atom stereocenters. The topological polar surface area (TPSA) is 41.1 Å². The summed E-state index contributed by atoms with van der Waals surface area (Å²) < 4.78 is 25.3. The SMILES string of the molecule is CC(C)c1cccc(C(C)C)c1NC(=O)NCC(CCCCC(F)F)c1cccc2ccccc12. The molecule has 0 radical (unpaired) electrons. The van der Waals surface area contributed by atoms with Crippen molar-refractivity contribution in [2.24, 2.45) is 0 Å². The Hall–Kier alpha value is -2.95. The summed E-state index contributed by atoms with van der Waals surface area (Å²) in [6, 6.07) is 20.3. The Morgan fingerprint density at radius 2 is 1.34 bits per heavy atom. The monoisotopic (exact) mass is 480 g/mol. The molecule has 0 fully saturated rings. The van der Waals surface area contributed by atoms with E-state index in [1.807, 2.05) is 24.3 Å². The Morgan fingerprint density at radius 3 is 2.00 bits per heavy atom. The molecule has 188 valence electrons. The first kappa shape index (κ1) is 26.7. The molecule has 0 aliphatic heterocycles. The van der Waals surface area contributed by atoms with E-state index in [2.05, 4.69) is 74.7 Å². The highest BCUT2D eigenvalue weighted by molar-refractivity contribution is 5.91. The summed E-state index contributed by atoms with van der Waals surface area (Å²) in [5.41, 5.74) is 4.26. The van der Waals surface area contributed by atoms with E-state index in [4.69, 9.17) is 0 Å². The normalized spacial score (nSPS) is 12.5. The lowest BCUT2D eigenvalue weighted by molar-refractivity contribution is 0.133. The first-order valence-corrected chi connectivity index (χ1v) is 12.7. The van der Waals surface area contributed by atoms with E-state index in [9.17, 15) is 13.6 Å². The molecule has 0 aliphatic rings. The molecule has 5 heteroatoms. The van der Waals surface area contributed by atoms with Gasteiger partial charge in [0, 0.05) is 24.6 Å². The second-order valence-electron chi connectivity index (χ2n) is 9.90. The summed E-state index contributed by atoms with van der Waals surface area (Å²) in [6.07, 6.45) is -0.452. The van der Waals surface area contributed by atoms with Gasteiger partial charge in [0.25, 0.3) is 0 Å². The molecule has 2 N–H and O–H groups in total. The van der Waals surface area contributed by atoms with E-state index in [-0.39, 0.29) is 30.2 Å². The number of carbonyl (C=O) groups excluding carboxylic acids is 1. The van der Waals surface area contributed by atoms with E-state index >= 15 is 0 Å². The molecule has 0 aliphatic carbocycles. The lowest BCUT2D eigenvalue weighted by atomic mass is 9.89. The molecule has 2 amide bonds. The predicted octanol–water partition coefficient (Wildman–Crippen LogP) is 8.82.